The van der Waals surface area contributed by atoms with E-state index in [1.165, 1.54) is 18.9 Å². The summed E-state index contributed by atoms with van der Waals surface area (Å²) >= 11 is 3.28. The summed E-state index contributed by atoms with van der Waals surface area (Å²) in [6.45, 7) is 6.41. The largest absolute Gasteiger partial charge is 0.368 e. The maximum Gasteiger partial charge on any atom is 0.147 e. The highest BCUT2D eigenvalue weighted by Crippen LogP contribution is 2.40. The van der Waals surface area contributed by atoms with Crippen molar-refractivity contribution in [2.75, 3.05) is 18.0 Å². The van der Waals surface area contributed by atoms with Gasteiger partial charge in [0, 0.05) is 23.0 Å². The van der Waals surface area contributed by atoms with E-state index in [0.717, 1.165) is 23.2 Å². The minimum absolute atomic E-state index is 0.129. The summed E-state index contributed by atoms with van der Waals surface area (Å²) in [5.41, 5.74) is 1.15. The van der Waals surface area contributed by atoms with Crippen LogP contribution in [0.4, 0.5) is 10.1 Å². The molecule has 16 heavy (non-hydrogen) atoms. The summed E-state index contributed by atoms with van der Waals surface area (Å²) in [5.74, 6) is -0.129. The number of halogens is 2. The van der Waals surface area contributed by atoms with Crippen LogP contribution in [-0.4, -0.2) is 13.1 Å². The lowest BCUT2D eigenvalue weighted by atomic mass is 9.75. The van der Waals surface area contributed by atoms with Gasteiger partial charge in [0.2, 0.25) is 0 Å². The van der Waals surface area contributed by atoms with E-state index in [4.69, 9.17) is 0 Å². The molecule has 1 heterocycles. The first-order valence-electron chi connectivity index (χ1n) is 5.80. The van der Waals surface area contributed by atoms with E-state index in [1.807, 2.05) is 12.1 Å². The Morgan fingerprint density at radius 1 is 1.31 bits per heavy atom. The van der Waals surface area contributed by atoms with Gasteiger partial charge in [-0.3, -0.25) is 0 Å². The van der Waals surface area contributed by atoms with E-state index in [1.54, 1.807) is 0 Å². The van der Waals surface area contributed by atoms with Crippen LogP contribution in [-0.2, 0) is 0 Å². The van der Waals surface area contributed by atoms with Crippen LogP contribution < -0.4 is 4.90 Å². The Balaban J connectivity index is 2.12. The van der Waals surface area contributed by atoms with Gasteiger partial charge in [-0.2, -0.15) is 0 Å². The van der Waals surface area contributed by atoms with Gasteiger partial charge in [0.05, 0.1) is 5.69 Å². The van der Waals surface area contributed by atoms with Crippen molar-refractivity contribution in [2.45, 2.75) is 26.7 Å². The van der Waals surface area contributed by atoms with Crippen molar-refractivity contribution in [2.24, 2.45) is 5.41 Å². The second-order valence-corrected chi connectivity index (χ2v) is 5.57. The van der Waals surface area contributed by atoms with Crippen LogP contribution in [0.5, 0.6) is 0 Å². The van der Waals surface area contributed by atoms with Gasteiger partial charge in [0.1, 0.15) is 5.82 Å². The van der Waals surface area contributed by atoms with Gasteiger partial charge in [-0.05, 0) is 31.0 Å². The average molecular weight is 286 g/mol. The second-order valence-electron chi connectivity index (χ2n) is 4.66. The SMILES string of the molecule is CCC1(CC)CN(c2ccc(Br)cc2F)C1. The number of benzene rings is 1. The van der Waals surface area contributed by atoms with Crippen molar-refractivity contribution in [3.8, 4) is 0 Å². The smallest absolute Gasteiger partial charge is 0.147 e. The molecule has 1 saturated heterocycles. The van der Waals surface area contributed by atoms with Gasteiger partial charge in [-0.1, -0.05) is 29.8 Å². The van der Waals surface area contributed by atoms with E-state index in [0.29, 0.717) is 5.41 Å². The van der Waals surface area contributed by atoms with Gasteiger partial charge in [-0.15, -0.1) is 0 Å². The molecule has 0 saturated carbocycles. The summed E-state index contributed by atoms with van der Waals surface area (Å²) in [4.78, 5) is 2.13. The Hall–Kier alpha value is -0.570. The van der Waals surface area contributed by atoms with Crippen LogP contribution in [0.15, 0.2) is 22.7 Å². The molecule has 0 aliphatic carbocycles. The number of nitrogens with zero attached hydrogens (tertiary/aromatic N) is 1. The highest BCUT2D eigenvalue weighted by molar-refractivity contribution is 9.10. The fourth-order valence-corrected chi connectivity index (χ4v) is 2.70. The minimum Gasteiger partial charge on any atom is -0.368 e. The molecular weight excluding hydrogens is 269 g/mol. The predicted molar refractivity (Wildman–Crippen MR) is 69.3 cm³/mol. The average Bonchev–Trinajstić information content (AvgIpc) is 2.20. The molecule has 3 heteroatoms. The fourth-order valence-electron chi connectivity index (χ4n) is 2.37. The van der Waals surface area contributed by atoms with E-state index in [2.05, 4.69) is 34.7 Å². The lowest BCUT2D eigenvalue weighted by Crippen LogP contribution is -2.56. The number of anilines is 1. The monoisotopic (exact) mass is 285 g/mol. The van der Waals surface area contributed by atoms with E-state index < -0.39 is 0 Å². The molecule has 2 rings (SSSR count). The lowest BCUT2D eigenvalue weighted by Gasteiger charge is -2.51. The van der Waals surface area contributed by atoms with Crippen LogP contribution >= 0.6 is 15.9 Å². The van der Waals surface area contributed by atoms with Crippen molar-refractivity contribution in [3.63, 3.8) is 0 Å². The van der Waals surface area contributed by atoms with Crippen LogP contribution in [0.1, 0.15) is 26.7 Å². The molecule has 1 nitrogen and oxygen atoms in total. The third-order valence-electron chi connectivity index (χ3n) is 3.80. The molecule has 1 aliphatic heterocycles. The van der Waals surface area contributed by atoms with E-state index in [9.17, 15) is 4.39 Å². The standard InChI is InChI=1S/C13H17BrFN/c1-3-13(4-2)8-16(9-13)12-6-5-10(14)7-11(12)15/h5-7H,3-4,8-9H2,1-2H3. The van der Waals surface area contributed by atoms with Crippen molar-refractivity contribution in [1.29, 1.82) is 0 Å². The van der Waals surface area contributed by atoms with Crippen molar-refractivity contribution < 1.29 is 4.39 Å². The van der Waals surface area contributed by atoms with Crippen LogP contribution in [0.3, 0.4) is 0 Å². The maximum absolute atomic E-state index is 13.7. The summed E-state index contributed by atoms with van der Waals surface area (Å²) < 4.78 is 14.5. The first-order chi connectivity index (χ1) is 7.60. The summed E-state index contributed by atoms with van der Waals surface area (Å²) in [5, 5.41) is 0. The number of hydrogen-bond acceptors (Lipinski definition) is 1. The first kappa shape index (κ1) is 11.9. The maximum atomic E-state index is 13.7. The Labute approximate surface area is 105 Å². The highest BCUT2D eigenvalue weighted by Gasteiger charge is 2.40. The molecule has 1 aliphatic rings. The van der Waals surface area contributed by atoms with Crippen LogP contribution in [0.25, 0.3) is 0 Å². The molecule has 0 unspecified atom stereocenters. The third kappa shape index (κ3) is 1.97. The predicted octanol–water partition coefficient (Wildman–Crippen LogP) is 4.21. The van der Waals surface area contributed by atoms with Crippen LogP contribution in [0, 0.1) is 11.2 Å². The molecule has 0 spiro atoms. The third-order valence-corrected chi connectivity index (χ3v) is 4.30. The van der Waals surface area contributed by atoms with Crippen molar-refractivity contribution in [1.82, 2.24) is 0 Å². The first-order valence-corrected chi connectivity index (χ1v) is 6.59. The summed E-state index contributed by atoms with van der Waals surface area (Å²) in [6.07, 6.45) is 2.36. The lowest BCUT2D eigenvalue weighted by molar-refractivity contribution is 0.193. The molecule has 0 radical (unpaired) electrons. The van der Waals surface area contributed by atoms with Gasteiger partial charge in [0.15, 0.2) is 0 Å². The molecule has 0 amide bonds. The Morgan fingerprint density at radius 3 is 2.44 bits per heavy atom. The molecular formula is C13H17BrFN. The molecule has 0 bridgehead atoms. The zero-order chi connectivity index (χ0) is 11.8. The number of rotatable bonds is 3. The Morgan fingerprint density at radius 2 is 1.94 bits per heavy atom. The molecule has 1 fully saturated rings. The van der Waals surface area contributed by atoms with Gasteiger partial charge in [0.25, 0.3) is 0 Å². The van der Waals surface area contributed by atoms with Crippen LogP contribution in [0.2, 0.25) is 0 Å². The second kappa shape index (κ2) is 4.36. The quantitative estimate of drug-likeness (QED) is 0.804. The molecule has 1 aromatic rings. The molecule has 0 aromatic heterocycles. The summed E-state index contributed by atoms with van der Waals surface area (Å²) in [7, 11) is 0. The van der Waals surface area contributed by atoms with Crippen molar-refractivity contribution >= 4 is 21.6 Å². The van der Waals surface area contributed by atoms with Gasteiger partial charge >= 0.3 is 0 Å². The normalized spacial score (nSPS) is 18.4. The van der Waals surface area contributed by atoms with Crippen molar-refractivity contribution in [3.05, 3.63) is 28.5 Å². The minimum atomic E-state index is -0.129. The fraction of sp³-hybridized carbons (Fsp3) is 0.538. The van der Waals surface area contributed by atoms with E-state index in [-0.39, 0.29) is 5.82 Å². The number of hydrogen-bond donors (Lipinski definition) is 0. The Bertz CT molecular complexity index is 380. The molecule has 88 valence electrons. The molecule has 1 aromatic carbocycles. The summed E-state index contributed by atoms with van der Waals surface area (Å²) in [6, 6.07) is 5.29. The van der Waals surface area contributed by atoms with E-state index >= 15 is 0 Å². The zero-order valence-corrected chi connectivity index (χ0v) is 11.3. The molecule has 0 N–H and O–H groups in total. The van der Waals surface area contributed by atoms with Gasteiger partial charge in [-0.25, -0.2) is 4.39 Å². The molecule has 0 atom stereocenters. The highest BCUT2D eigenvalue weighted by atomic mass is 79.9. The zero-order valence-electron chi connectivity index (χ0n) is 9.76. The Kier molecular flexibility index (Phi) is 3.24. The van der Waals surface area contributed by atoms with Gasteiger partial charge < -0.3 is 4.90 Å². The topological polar surface area (TPSA) is 3.24 Å².